The molecule has 3 atom stereocenters. The monoisotopic (exact) mass is 340 g/mol. The molecule has 0 bridgehead atoms. The first-order valence-electron chi connectivity index (χ1n) is 7.00. The Balaban J connectivity index is 2.03. The van der Waals surface area contributed by atoms with E-state index >= 15 is 0 Å². The van der Waals surface area contributed by atoms with Gasteiger partial charge in [-0.1, -0.05) is 11.6 Å². The van der Waals surface area contributed by atoms with Crippen LogP contribution in [0.5, 0.6) is 5.75 Å². The minimum atomic E-state index is -0.691. The minimum Gasteiger partial charge on any atom is -0.463 e. The van der Waals surface area contributed by atoms with Crippen molar-refractivity contribution in [2.45, 2.75) is 32.3 Å². The molecule has 1 aromatic carbocycles. The SMILES string of the molecule is CC(=O)OC[C@H]1O[C@H](Oc2ccc(Cl)cc2)C=C[C@@H]1OC(C)=O. The van der Waals surface area contributed by atoms with Gasteiger partial charge in [0.25, 0.3) is 0 Å². The summed E-state index contributed by atoms with van der Waals surface area (Å²) in [6.07, 6.45) is 1.30. The van der Waals surface area contributed by atoms with E-state index in [9.17, 15) is 9.59 Å². The summed E-state index contributed by atoms with van der Waals surface area (Å²) < 4.78 is 21.4. The molecule has 0 aromatic heterocycles. The molecule has 0 saturated heterocycles. The van der Waals surface area contributed by atoms with Crippen LogP contribution in [0.4, 0.5) is 0 Å². The topological polar surface area (TPSA) is 71.1 Å². The van der Waals surface area contributed by atoms with Crippen LogP contribution in [0.3, 0.4) is 0 Å². The van der Waals surface area contributed by atoms with Gasteiger partial charge >= 0.3 is 11.9 Å². The van der Waals surface area contributed by atoms with Gasteiger partial charge in [-0.2, -0.15) is 0 Å². The van der Waals surface area contributed by atoms with Gasteiger partial charge in [0.05, 0.1) is 0 Å². The van der Waals surface area contributed by atoms with Crippen molar-refractivity contribution in [2.75, 3.05) is 6.61 Å². The van der Waals surface area contributed by atoms with Crippen molar-refractivity contribution >= 4 is 23.5 Å². The number of rotatable bonds is 5. The molecule has 23 heavy (non-hydrogen) atoms. The van der Waals surface area contributed by atoms with Gasteiger partial charge < -0.3 is 18.9 Å². The third-order valence-corrected chi connectivity index (χ3v) is 3.20. The van der Waals surface area contributed by atoms with Crippen molar-refractivity contribution in [1.29, 1.82) is 0 Å². The average Bonchev–Trinajstić information content (AvgIpc) is 2.49. The zero-order chi connectivity index (χ0) is 16.8. The molecule has 124 valence electrons. The molecule has 0 aliphatic carbocycles. The Labute approximate surface area is 138 Å². The number of benzene rings is 1. The zero-order valence-electron chi connectivity index (χ0n) is 12.7. The highest BCUT2D eigenvalue weighted by Crippen LogP contribution is 2.22. The molecule has 1 aliphatic heterocycles. The average molecular weight is 341 g/mol. The van der Waals surface area contributed by atoms with Crippen LogP contribution in [0.2, 0.25) is 5.02 Å². The fourth-order valence-electron chi connectivity index (χ4n) is 1.97. The number of carbonyl (C=O) groups is 2. The summed E-state index contributed by atoms with van der Waals surface area (Å²) in [5.41, 5.74) is 0. The van der Waals surface area contributed by atoms with E-state index in [-0.39, 0.29) is 6.61 Å². The fraction of sp³-hybridized carbons (Fsp3) is 0.375. The molecule has 2 rings (SSSR count). The molecule has 1 aromatic rings. The van der Waals surface area contributed by atoms with E-state index in [0.29, 0.717) is 10.8 Å². The Morgan fingerprint density at radius 1 is 1.13 bits per heavy atom. The number of hydrogen-bond donors (Lipinski definition) is 0. The molecule has 7 heteroatoms. The Bertz CT molecular complexity index is 583. The summed E-state index contributed by atoms with van der Waals surface area (Å²) in [4.78, 5) is 22.1. The quantitative estimate of drug-likeness (QED) is 0.606. The molecule has 0 amide bonds. The second-order valence-corrected chi connectivity index (χ2v) is 5.31. The highest BCUT2D eigenvalue weighted by molar-refractivity contribution is 6.30. The molecular formula is C16H17ClO6. The van der Waals surface area contributed by atoms with E-state index in [4.69, 9.17) is 30.5 Å². The molecule has 0 N–H and O–H groups in total. The largest absolute Gasteiger partial charge is 0.463 e. The Hall–Kier alpha value is -2.05. The lowest BCUT2D eigenvalue weighted by atomic mass is 10.1. The second-order valence-electron chi connectivity index (χ2n) is 4.88. The summed E-state index contributed by atoms with van der Waals surface area (Å²) in [7, 11) is 0. The summed E-state index contributed by atoms with van der Waals surface area (Å²) in [5.74, 6) is -0.325. The smallest absolute Gasteiger partial charge is 0.303 e. The molecule has 6 nitrogen and oxygen atoms in total. The summed E-state index contributed by atoms with van der Waals surface area (Å²) in [6.45, 7) is 2.55. The van der Waals surface area contributed by atoms with Crippen LogP contribution in [0.25, 0.3) is 0 Å². The van der Waals surface area contributed by atoms with Crippen molar-refractivity contribution in [3.8, 4) is 5.75 Å². The zero-order valence-corrected chi connectivity index (χ0v) is 13.5. The third kappa shape index (κ3) is 5.58. The number of halogens is 1. The van der Waals surface area contributed by atoms with Gasteiger partial charge in [-0.25, -0.2) is 0 Å². The number of hydrogen-bond acceptors (Lipinski definition) is 6. The van der Waals surface area contributed by atoms with Crippen LogP contribution in [-0.2, 0) is 23.8 Å². The fourth-order valence-corrected chi connectivity index (χ4v) is 2.10. The molecule has 0 radical (unpaired) electrons. The second kappa shape index (κ2) is 7.99. The van der Waals surface area contributed by atoms with Gasteiger partial charge in [0, 0.05) is 18.9 Å². The molecule has 0 saturated carbocycles. The first-order chi connectivity index (χ1) is 10.9. The maximum absolute atomic E-state index is 11.1. The molecular weight excluding hydrogens is 324 g/mol. The lowest BCUT2D eigenvalue weighted by Gasteiger charge is -2.31. The number of esters is 2. The lowest BCUT2D eigenvalue weighted by molar-refractivity contribution is -0.178. The predicted molar refractivity (Wildman–Crippen MR) is 82.1 cm³/mol. The summed E-state index contributed by atoms with van der Waals surface area (Å²) in [6, 6.07) is 6.81. The minimum absolute atomic E-state index is 0.0436. The Morgan fingerprint density at radius 2 is 1.83 bits per heavy atom. The first kappa shape index (κ1) is 17.3. The van der Waals surface area contributed by atoms with Gasteiger partial charge in [-0.05, 0) is 36.4 Å². The van der Waals surface area contributed by atoms with Crippen LogP contribution < -0.4 is 4.74 Å². The van der Waals surface area contributed by atoms with Crippen LogP contribution in [0.1, 0.15) is 13.8 Å². The van der Waals surface area contributed by atoms with Crippen molar-refractivity contribution in [3.63, 3.8) is 0 Å². The summed E-state index contributed by atoms with van der Waals surface area (Å²) >= 11 is 5.82. The van der Waals surface area contributed by atoms with Crippen LogP contribution in [0, 0.1) is 0 Å². The third-order valence-electron chi connectivity index (χ3n) is 2.95. The van der Waals surface area contributed by atoms with E-state index in [1.807, 2.05) is 0 Å². The molecule has 1 aliphatic rings. The number of carbonyl (C=O) groups excluding carboxylic acids is 2. The van der Waals surface area contributed by atoms with E-state index in [1.54, 1.807) is 36.4 Å². The highest BCUT2D eigenvalue weighted by atomic mass is 35.5. The molecule has 0 spiro atoms. The van der Waals surface area contributed by atoms with E-state index < -0.39 is 30.4 Å². The van der Waals surface area contributed by atoms with Gasteiger partial charge in [0.15, 0.2) is 0 Å². The van der Waals surface area contributed by atoms with E-state index in [2.05, 4.69) is 0 Å². The van der Waals surface area contributed by atoms with Crippen LogP contribution in [0.15, 0.2) is 36.4 Å². The van der Waals surface area contributed by atoms with Crippen molar-refractivity contribution < 1.29 is 28.5 Å². The van der Waals surface area contributed by atoms with Gasteiger partial charge in [0.2, 0.25) is 6.29 Å². The van der Waals surface area contributed by atoms with Crippen LogP contribution >= 0.6 is 11.6 Å². The van der Waals surface area contributed by atoms with Crippen LogP contribution in [-0.4, -0.2) is 37.0 Å². The molecule has 0 fully saturated rings. The van der Waals surface area contributed by atoms with Gasteiger partial charge in [0.1, 0.15) is 24.6 Å². The Kier molecular flexibility index (Phi) is 6.01. The molecule has 1 heterocycles. The standard InChI is InChI=1S/C16H17ClO6/c1-10(18)20-9-15-14(21-11(2)19)7-8-16(23-15)22-13-5-3-12(17)4-6-13/h3-8,14-16H,9H2,1-2H3/t14-,15+,16-/m0/s1. The van der Waals surface area contributed by atoms with Crippen molar-refractivity contribution in [3.05, 3.63) is 41.4 Å². The van der Waals surface area contributed by atoms with Gasteiger partial charge in [-0.3, -0.25) is 9.59 Å². The normalized spacial score (nSPS) is 23.2. The van der Waals surface area contributed by atoms with Crippen molar-refractivity contribution in [1.82, 2.24) is 0 Å². The molecule has 0 unspecified atom stereocenters. The first-order valence-corrected chi connectivity index (χ1v) is 7.38. The lowest BCUT2D eigenvalue weighted by Crippen LogP contribution is -2.42. The Morgan fingerprint density at radius 3 is 2.43 bits per heavy atom. The maximum atomic E-state index is 11.1. The predicted octanol–water partition coefficient (Wildman–Crippen LogP) is 2.49. The summed E-state index contributed by atoms with van der Waals surface area (Å²) in [5, 5.41) is 0.597. The van der Waals surface area contributed by atoms with Gasteiger partial charge in [-0.15, -0.1) is 0 Å². The highest BCUT2D eigenvalue weighted by Gasteiger charge is 2.31. The van der Waals surface area contributed by atoms with E-state index in [0.717, 1.165) is 0 Å². The maximum Gasteiger partial charge on any atom is 0.303 e. The van der Waals surface area contributed by atoms with Crippen molar-refractivity contribution in [2.24, 2.45) is 0 Å². The number of ether oxygens (including phenoxy) is 4. The van der Waals surface area contributed by atoms with E-state index in [1.165, 1.54) is 13.8 Å².